The van der Waals surface area contributed by atoms with E-state index in [2.05, 4.69) is 47.6 Å². The summed E-state index contributed by atoms with van der Waals surface area (Å²) in [6.07, 6.45) is 19.7. The minimum atomic E-state index is 0.00652. The van der Waals surface area contributed by atoms with Crippen LogP contribution in [-0.4, -0.2) is 5.78 Å². The molecular formula is C38H50O3. The van der Waals surface area contributed by atoms with Crippen molar-refractivity contribution in [2.24, 2.45) is 52.3 Å². The summed E-state index contributed by atoms with van der Waals surface area (Å²) in [5.74, 6) is 6.26. The number of carbonyl (C=O) groups is 1. The number of rotatable bonds is 7. The molecule has 4 aliphatic rings. The SMILES string of the molecule is CC(C)[C@@H](C)CC[C@@H](C)[C@@H]1CC[C@@H]2C3=CC[C@H]4/C(=C/c5ccco5)C(=O)/C(=C\c5ccco5)C[C@]4(C)[C@@H]3CC[C@]21C. The van der Waals surface area contributed by atoms with E-state index in [1.54, 1.807) is 18.1 Å². The summed E-state index contributed by atoms with van der Waals surface area (Å²) in [7, 11) is 0. The highest BCUT2D eigenvalue weighted by molar-refractivity contribution is 6.14. The quantitative estimate of drug-likeness (QED) is 0.252. The van der Waals surface area contributed by atoms with Gasteiger partial charge < -0.3 is 8.83 Å². The molecule has 2 heterocycles. The predicted molar refractivity (Wildman–Crippen MR) is 167 cm³/mol. The second-order valence-electron chi connectivity index (χ2n) is 14.9. The second kappa shape index (κ2) is 10.9. The van der Waals surface area contributed by atoms with Crippen molar-refractivity contribution < 1.29 is 13.6 Å². The molecule has 2 aromatic heterocycles. The van der Waals surface area contributed by atoms with Crippen molar-refractivity contribution in [3.63, 3.8) is 0 Å². The van der Waals surface area contributed by atoms with Crippen LogP contribution in [0.4, 0.5) is 0 Å². The molecule has 41 heavy (non-hydrogen) atoms. The van der Waals surface area contributed by atoms with E-state index < -0.39 is 0 Å². The zero-order valence-corrected chi connectivity index (χ0v) is 26.1. The van der Waals surface area contributed by atoms with Gasteiger partial charge in [-0.25, -0.2) is 0 Å². The third kappa shape index (κ3) is 4.96. The molecular weight excluding hydrogens is 504 g/mol. The molecule has 2 aromatic rings. The maximum absolute atomic E-state index is 14.0. The molecule has 0 radical (unpaired) electrons. The molecule has 8 atom stereocenters. The van der Waals surface area contributed by atoms with Crippen LogP contribution < -0.4 is 0 Å². The highest BCUT2D eigenvalue weighted by Crippen LogP contribution is 2.67. The molecule has 0 saturated heterocycles. The van der Waals surface area contributed by atoms with Crippen LogP contribution in [0.5, 0.6) is 0 Å². The van der Waals surface area contributed by atoms with Gasteiger partial charge in [0.05, 0.1) is 12.5 Å². The van der Waals surface area contributed by atoms with Crippen LogP contribution in [0.2, 0.25) is 0 Å². The predicted octanol–water partition coefficient (Wildman–Crippen LogP) is 10.4. The Kier molecular flexibility index (Phi) is 7.62. The fraction of sp³-hybridized carbons (Fsp3) is 0.605. The van der Waals surface area contributed by atoms with Gasteiger partial charge in [-0.1, -0.05) is 66.0 Å². The molecule has 0 N–H and O–H groups in total. The Morgan fingerprint density at radius 3 is 2.22 bits per heavy atom. The Morgan fingerprint density at radius 1 is 0.878 bits per heavy atom. The average molecular weight is 555 g/mol. The first-order valence-corrected chi connectivity index (χ1v) is 16.4. The summed E-state index contributed by atoms with van der Waals surface area (Å²) in [6.45, 7) is 14.8. The molecule has 0 bridgehead atoms. The summed E-state index contributed by atoms with van der Waals surface area (Å²) in [6, 6.07) is 7.71. The normalized spacial score (nSPS) is 36.7. The molecule has 0 aliphatic heterocycles. The zero-order valence-electron chi connectivity index (χ0n) is 26.1. The van der Waals surface area contributed by atoms with Gasteiger partial charge in [-0.05, 0) is 127 Å². The summed E-state index contributed by atoms with van der Waals surface area (Å²) < 4.78 is 11.4. The second-order valence-corrected chi connectivity index (χ2v) is 14.9. The van der Waals surface area contributed by atoms with Crippen LogP contribution in [0.25, 0.3) is 12.2 Å². The summed E-state index contributed by atoms with van der Waals surface area (Å²) in [5.41, 5.74) is 3.92. The smallest absolute Gasteiger partial charge is 0.185 e. The standard InChI is InChI=1S/C38H50O3/c1-24(2)25(3)11-12-26(4)32-15-16-33-30-13-14-34-31(22-29-10-8-20-41-29)36(39)27(21-28-9-7-19-40-28)23-38(34,6)35(30)17-18-37(32,33)5/h7-10,13,19-22,24-26,32-35H,11-12,14-18,23H2,1-6H3/b27-21-,31-22-/t25-,26+,32-,33+,34-,35+,37-,38-/m0/s1. The van der Waals surface area contributed by atoms with Crippen LogP contribution in [0.1, 0.15) is 104 Å². The van der Waals surface area contributed by atoms with Crippen molar-refractivity contribution in [1.29, 1.82) is 0 Å². The van der Waals surface area contributed by atoms with Crippen LogP contribution >= 0.6 is 0 Å². The molecule has 220 valence electrons. The number of ketones is 1. The zero-order chi connectivity index (χ0) is 28.9. The van der Waals surface area contributed by atoms with Gasteiger partial charge in [0.25, 0.3) is 0 Å². The van der Waals surface area contributed by atoms with Crippen molar-refractivity contribution in [3.05, 3.63) is 71.1 Å². The van der Waals surface area contributed by atoms with E-state index in [0.717, 1.165) is 59.2 Å². The van der Waals surface area contributed by atoms with Crippen LogP contribution in [0.3, 0.4) is 0 Å². The summed E-state index contributed by atoms with van der Waals surface area (Å²) >= 11 is 0. The third-order valence-corrected chi connectivity index (χ3v) is 12.5. The largest absolute Gasteiger partial charge is 0.465 e. The van der Waals surface area contributed by atoms with Crippen molar-refractivity contribution in [3.8, 4) is 0 Å². The number of furan rings is 2. The lowest BCUT2D eigenvalue weighted by atomic mass is 9.46. The van der Waals surface area contributed by atoms with Gasteiger partial charge in [0, 0.05) is 11.1 Å². The first-order valence-electron chi connectivity index (χ1n) is 16.4. The van der Waals surface area contributed by atoms with Crippen molar-refractivity contribution in [2.75, 3.05) is 0 Å². The summed E-state index contributed by atoms with van der Waals surface area (Å²) in [5, 5.41) is 0. The first-order chi connectivity index (χ1) is 19.6. The number of hydrogen-bond donors (Lipinski definition) is 0. The van der Waals surface area contributed by atoms with Crippen molar-refractivity contribution in [2.45, 2.75) is 92.9 Å². The molecule has 0 unspecified atom stereocenters. The Bertz CT molecular complexity index is 1320. The molecule has 0 spiro atoms. The minimum absolute atomic E-state index is 0.00652. The Balaban J connectivity index is 1.32. The van der Waals surface area contributed by atoms with Gasteiger partial charge in [0.1, 0.15) is 11.5 Å². The van der Waals surface area contributed by atoms with E-state index in [1.807, 2.05) is 36.4 Å². The monoisotopic (exact) mass is 554 g/mol. The molecule has 4 aliphatic carbocycles. The van der Waals surface area contributed by atoms with E-state index in [0.29, 0.717) is 17.3 Å². The fourth-order valence-electron chi connectivity index (χ4n) is 9.71. The molecule has 6 rings (SSSR count). The lowest BCUT2D eigenvalue weighted by Gasteiger charge is -2.57. The van der Waals surface area contributed by atoms with E-state index in [4.69, 9.17) is 8.83 Å². The molecule has 0 aromatic carbocycles. The lowest BCUT2D eigenvalue weighted by molar-refractivity contribution is -0.115. The highest BCUT2D eigenvalue weighted by Gasteiger charge is 2.59. The van der Waals surface area contributed by atoms with Gasteiger partial charge >= 0.3 is 0 Å². The fourth-order valence-corrected chi connectivity index (χ4v) is 9.71. The van der Waals surface area contributed by atoms with E-state index in [-0.39, 0.29) is 17.1 Å². The maximum atomic E-state index is 14.0. The first kappa shape index (κ1) is 28.6. The number of Topliss-reactive ketones (excluding diaryl/α,β-unsaturated/α-hetero) is 1. The van der Waals surface area contributed by atoms with E-state index in [1.165, 1.54) is 38.5 Å². The molecule has 3 heteroatoms. The van der Waals surface area contributed by atoms with Gasteiger partial charge in [-0.2, -0.15) is 0 Å². The van der Waals surface area contributed by atoms with Gasteiger partial charge in [-0.15, -0.1) is 0 Å². The topological polar surface area (TPSA) is 43.4 Å². The minimum Gasteiger partial charge on any atom is -0.465 e. The van der Waals surface area contributed by atoms with Crippen LogP contribution in [0.15, 0.2) is 68.4 Å². The number of allylic oxidation sites excluding steroid dienone is 4. The highest BCUT2D eigenvalue weighted by atomic mass is 16.3. The van der Waals surface area contributed by atoms with Crippen molar-refractivity contribution >= 4 is 17.9 Å². The number of carbonyl (C=O) groups excluding carboxylic acids is 1. The molecule has 3 saturated carbocycles. The van der Waals surface area contributed by atoms with Gasteiger partial charge in [0.2, 0.25) is 0 Å². The molecule has 0 amide bonds. The average Bonchev–Trinajstić information content (AvgIpc) is 3.71. The Morgan fingerprint density at radius 2 is 1.56 bits per heavy atom. The van der Waals surface area contributed by atoms with Crippen molar-refractivity contribution in [1.82, 2.24) is 0 Å². The number of hydrogen-bond acceptors (Lipinski definition) is 3. The van der Waals surface area contributed by atoms with E-state index >= 15 is 0 Å². The Labute approximate surface area is 247 Å². The summed E-state index contributed by atoms with van der Waals surface area (Å²) in [4.78, 5) is 14.0. The Hall–Kier alpha value is -2.55. The lowest BCUT2D eigenvalue weighted by Crippen LogP contribution is -2.50. The third-order valence-electron chi connectivity index (χ3n) is 12.5. The molecule has 3 nitrogen and oxygen atoms in total. The van der Waals surface area contributed by atoms with Gasteiger partial charge in [-0.3, -0.25) is 4.79 Å². The molecule has 3 fully saturated rings. The number of fused-ring (bicyclic) bond motifs is 5. The van der Waals surface area contributed by atoms with E-state index in [9.17, 15) is 4.79 Å². The van der Waals surface area contributed by atoms with Crippen LogP contribution in [0, 0.1) is 52.3 Å². The van der Waals surface area contributed by atoms with Crippen LogP contribution in [-0.2, 0) is 4.79 Å². The van der Waals surface area contributed by atoms with Gasteiger partial charge in [0.15, 0.2) is 5.78 Å². The maximum Gasteiger partial charge on any atom is 0.185 e.